The second-order valence-electron chi connectivity index (χ2n) is 3.33. The normalized spacial score (nSPS) is 10.5. The van der Waals surface area contributed by atoms with Crippen molar-refractivity contribution in [3.63, 3.8) is 0 Å². The summed E-state index contributed by atoms with van der Waals surface area (Å²) >= 11 is 0. The maximum Gasteiger partial charge on any atom is 0.161 e. The van der Waals surface area contributed by atoms with E-state index >= 15 is 0 Å². The number of pyridine rings is 1. The molecule has 0 radical (unpaired) electrons. The molecule has 0 amide bonds. The molecule has 1 aromatic heterocycles. The second kappa shape index (κ2) is 4.14. The van der Waals surface area contributed by atoms with Gasteiger partial charge >= 0.3 is 0 Å². The van der Waals surface area contributed by atoms with E-state index in [-0.39, 0.29) is 5.78 Å². The molecule has 0 aliphatic carbocycles. The maximum atomic E-state index is 10.9. The van der Waals surface area contributed by atoms with Crippen LogP contribution in [0.3, 0.4) is 0 Å². The van der Waals surface area contributed by atoms with Gasteiger partial charge in [-0.3, -0.25) is 9.78 Å². The van der Waals surface area contributed by atoms with Crippen molar-refractivity contribution in [3.05, 3.63) is 29.6 Å². The van der Waals surface area contributed by atoms with E-state index in [1.807, 2.05) is 31.1 Å². The monoisotopic (exact) mass is 178 g/mol. The zero-order valence-electron chi connectivity index (χ0n) is 8.24. The van der Waals surface area contributed by atoms with Crippen LogP contribution in [0, 0.1) is 0 Å². The number of nitrogens with zero attached hydrogens (tertiary/aromatic N) is 2. The molecule has 0 saturated carbocycles. The topological polar surface area (TPSA) is 33.2 Å². The van der Waals surface area contributed by atoms with Crippen molar-refractivity contribution in [3.8, 4) is 0 Å². The van der Waals surface area contributed by atoms with Crippen molar-refractivity contribution in [2.45, 2.75) is 13.5 Å². The fourth-order valence-electron chi connectivity index (χ4n) is 1.05. The molecule has 3 nitrogen and oxygen atoms in total. The van der Waals surface area contributed by atoms with Crippen LogP contribution in [0.2, 0.25) is 0 Å². The Labute approximate surface area is 78.4 Å². The van der Waals surface area contributed by atoms with Crippen LogP contribution in [-0.2, 0) is 6.54 Å². The van der Waals surface area contributed by atoms with Gasteiger partial charge in [0.1, 0.15) is 0 Å². The summed E-state index contributed by atoms with van der Waals surface area (Å²) in [7, 11) is 3.97. The van der Waals surface area contributed by atoms with Gasteiger partial charge in [-0.2, -0.15) is 0 Å². The van der Waals surface area contributed by atoms with E-state index in [1.54, 1.807) is 13.1 Å². The number of hydrogen-bond donors (Lipinski definition) is 0. The van der Waals surface area contributed by atoms with E-state index in [0.717, 1.165) is 12.2 Å². The van der Waals surface area contributed by atoms with Gasteiger partial charge in [-0.1, -0.05) is 0 Å². The highest BCUT2D eigenvalue weighted by Gasteiger charge is 2.00. The van der Waals surface area contributed by atoms with Crippen molar-refractivity contribution >= 4 is 5.78 Å². The first-order chi connectivity index (χ1) is 6.09. The van der Waals surface area contributed by atoms with E-state index in [2.05, 4.69) is 4.98 Å². The quantitative estimate of drug-likeness (QED) is 0.655. The number of Topliss-reactive ketones (excluding diaryl/α,β-unsaturated/α-hetero) is 1. The Kier molecular flexibility index (Phi) is 3.14. The van der Waals surface area contributed by atoms with Crippen LogP contribution in [0.4, 0.5) is 0 Å². The minimum atomic E-state index is 0.0592. The van der Waals surface area contributed by atoms with Gasteiger partial charge in [0, 0.05) is 18.3 Å². The van der Waals surface area contributed by atoms with Crippen LogP contribution in [0.25, 0.3) is 0 Å². The van der Waals surface area contributed by atoms with Gasteiger partial charge in [-0.05, 0) is 33.2 Å². The van der Waals surface area contributed by atoms with Crippen LogP contribution in [-0.4, -0.2) is 29.8 Å². The van der Waals surface area contributed by atoms with E-state index in [4.69, 9.17) is 0 Å². The molecule has 0 aliphatic rings. The summed E-state index contributed by atoms with van der Waals surface area (Å²) in [5.41, 5.74) is 1.65. The van der Waals surface area contributed by atoms with Crippen molar-refractivity contribution in [1.29, 1.82) is 0 Å². The fraction of sp³-hybridized carbons (Fsp3) is 0.400. The lowest BCUT2D eigenvalue weighted by molar-refractivity contribution is 0.101. The van der Waals surface area contributed by atoms with E-state index < -0.39 is 0 Å². The molecule has 0 fully saturated rings. The van der Waals surface area contributed by atoms with Gasteiger partial charge in [0.05, 0.1) is 5.69 Å². The Morgan fingerprint density at radius 3 is 2.54 bits per heavy atom. The van der Waals surface area contributed by atoms with Crippen LogP contribution in [0.1, 0.15) is 23.0 Å². The molecule has 0 atom stereocenters. The Bertz CT molecular complexity index is 290. The molecule has 13 heavy (non-hydrogen) atoms. The summed E-state index contributed by atoms with van der Waals surface area (Å²) in [6, 6.07) is 3.70. The second-order valence-corrected chi connectivity index (χ2v) is 3.33. The molecule has 0 aliphatic heterocycles. The van der Waals surface area contributed by atoms with Gasteiger partial charge in [-0.15, -0.1) is 0 Å². The van der Waals surface area contributed by atoms with Crippen LogP contribution >= 0.6 is 0 Å². The van der Waals surface area contributed by atoms with Gasteiger partial charge in [0.2, 0.25) is 0 Å². The van der Waals surface area contributed by atoms with Gasteiger partial charge in [0.15, 0.2) is 5.78 Å². The maximum absolute atomic E-state index is 10.9. The number of hydrogen-bond acceptors (Lipinski definition) is 3. The molecular weight excluding hydrogens is 164 g/mol. The Hall–Kier alpha value is -1.22. The number of aromatic nitrogens is 1. The molecule has 0 aromatic carbocycles. The molecule has 0 N–H and O–H groups in total. The minimum absolute atomic E-state index is 0.0592. The van der Waals surface area contributed by atoms with Gasteiger partial charge in [-0.25, -0.2) is 0 Å². The highest BCUT2D eigenvalue weighted by atomic mass is 16.1. The van der Waals surface area contributed by atoms with Crippen molar-refractivity contribution in [2.75, 3.05) is 14.1 Å². The highest BCUT2D eigenvalue weighted by molar-refractivity contribution is 5.93. The molecule has 1 rings (SSSR count). The summed E-state index contributed by atoms with van der Waals surface area (Å²) in [5, 5.41) is 0. The van der Waals surface area contributed by atoms with Crippen LogP contribution in [0.5, 0.6) is 0 Å². The highest BCUT2D eigenvalue weighted by Crippen LogP contribution is 2.02. The summed E-state index contributed by atoms with van der Waals surface area (Å²) < 4.78 is 0. The lowest BCUT2D eigenvalue weighted by Gasteiger charge is -2.08. The van der Waals surface area contributed by atoms with Gasteiger partial charge < -0.3 is 4.90 Å². The zero-order chi connectivity index (χ0) is 9.84. The zero-order valence-corrected chi connectivity index (χ0v) is 8.24. The SMILES string of the molecule is CC(=O)c1ccc(CN(C)C)nc1. The number of ketones is 1. The standard InChI is InChI=1S/C10H14N2O/c1-8(13)9-4-5-10(11-6-9)7-12(2)3/h4-6H,7H2,1-3H3. The molecule has 1 heterocycles. The molecule has 0 unspecified atom stereocenters. The Morgan fingerprint density at radius 1 is 1.46 bits per heavy atom. The number of carbonyl (C=O) groups is 1. The van der Waals surface area contributed by atoms with E-state index in [1.165, 1.54) is 0 Å². The lowest BCUT2D eigenvalue weighted by atomic mass is 10.2. The van der Waals surface area contributed by atoms with E-state index in [9.17, 15) is 4.79 Å². The molecule has 1 aromatic rings. The molecule has 70 valence electrons. The molecular formula is C10H14N2O. The summed E-state index contributed by atoms with van der Waals surface area (Å²) in [6.07, 6.45) is 1.63. The third-order valence-corrected chi connectivity index (χ3v) is 1.71. The third-order valence-electron chi connectivity index (χ3n) is 1.71. The summed E-state index contributed by atoms with van der Waals surface area (Å²) in [5.74, 6) is 0.0592. The predicted octanol–water partition coefficient (Wildman–Crippen LogP) is 1.35. The van der Waals surface area contributed by atoms with Crippen molar-refractivity contribution in [1.82, 2.24) is 9.88 Å². The average molecular weight is 178 g/mol. The molecule has 3 heteroatoms. The average Bonchev–Trinajstić information content (AvgIpc) is 2.04. The first-order valence-corrected chi connectivity index (χ1v) is 4.20. The summed E-state index contributed by atoms with van der Waals surface area (Å²) in [6.45, 7) is 2.35. The first kappa shape index (κ1) is 9.86. The van der Waals surface area contributed by atoms with Crippen molar-refractivity contribution < 1.29 is 4.79 Å². The van der Waals surface area contributed by atoms with Gasteiger partial charge in [0.25, 0.3) is 0 Å². The van der Waals surface area contributed by atoms with Crippen LogP contribution in [0.15, 0.2) is 18.3 Å². The number of rotatable bonds is 3. The molecule has 0 bridgehead atoms. The van der Waals surface area contributed by atoms with E-state index in [0.29, 0.717) is 5.56 Å². The third kappa shape index (κ3) is 2.95. The predicted molar refractivity (Wildman–Crippen MR) is 51.6 cm³/mol. The minimum Gasteiger partial charge on any atom is -0.304 e. The van der Waals surface area contributed by atoms with Crippen molar-refractivity contribution in [2.24, 2.45) is 0 Å². The number of carbonyl (C=O) groups excluding carboxylic acids is 1. The summed E-state index contributed by atoms with van der Waals surface area (Å²) in [4.78, 5) is 17.1. The largest absolute Gasteiger partial charge is 0.304 e. The Morgan fingerprint density at radius 2 is 2.15 bits per heavy atom. The fourth-order valence-corrected chi connectivity index (χ4v) is 1.05. The Balaban J connectivity index is 2.75. The molecule has 0 spiro atoms. The molecule has 0 saturated heterocycles. The first-order valence-electron chi connectivity index (χ1n) is 4.20. The smallest absolute Gasteiger partial charge is 0.161 e. The van der Waals surface area contributed by atoms with Crippen LogP contribution < -0.4 is 0 Å². The lowest BCUT2D eigenvalue weighted by Crippen LogP contribution is -2.12.